The Hall–Kier alpha value is -2.27. The monoisotopic (exact) mass is 491 g/mol. The number of nitrogens with one attached hydrogen (secondary N) is 1. The van der Waals surface area contributed by atoms with E-state index in [1.54, 1.807) is 18.2 Å². The van der Waals surface area contributed by atoms with Crippen LogP contribution in [-0.2, 0) is 14.8 Å². The third kappa shape index (κ3) is 5.37. The van der Waals surface area contributed by atoms with Crippen molar-refractivity contribution in [1.82, 2.24) is 14.6 Å². The van der Waals surface area contributed by atoms with Gasteiger partial charge >= 0.3 is 0 Å². The van der Waals surface area contributed by atoms with Crippen LogP contribution in [0.1, 0.15) is 29.3 Å². The first kappa shape index (κ1) is 22.9. The number of halogens is 1. The lowest BCUT2D eigenvalue weighted by Gasteiger charge is -2.18. The molecule has 1 aliphatic heterocycles. The minimum Gasteiger partial charge on any atom is -0.344 e. The van der Waals surface area contributed by atoms with Gasteiger partial charge in [0.15, 0.2) is 0 Å². The molecule has 3 heterocycles. The Morgan fingerprint density at radius 3 is 2.53 bits per heavy atom. The third-order valence-corrected chi connectivity index (χ3v) is 8.86. The minimum absolute atomic E-state index is 0.119. The van der Waals surface area contributed by atoms with Crippen LogP contribution in [0.3, 0.4) is 0 Å². The van der Waals surface area contributed by atoms with Crippen LogP contribution in [0.2, 0.25) is 0 Å². The Morgan fingerprint density at radius 1 is 1.16 bits per heavy atom. The van der Waals surface area contributed by atoms with E-state index < -0.39 is 10.0 Å². The second kappa shape index (κ2) is 10.1. The van der Waals surface area contributed by atoms with Gasteiger partial charge < -0.3 is 5.32 Å². The third-order valence-electron chi connectivity index (χ3n) is 5.10. The van der Waals surface area contributed by atoms with Crippen LogP contribution in [0.15, 0.2) is 70.0 Å². The van der Waals surface area contributed by atoms with Crippen LogP contribution < -0.4 is 5.32 Å². The molecule has 1 aliphatic rings. The molecule has 1 aromatic carbocycles. The highest BCUT2D eigenvalue weighted by Crippen LogP contribution is 2.27. The number of hydrogen-bond acceptors (Lipinski definition) is 6. The number of aromatic nitrogens is 1. The molecule has 1 saturated heterocycles. The highest BCUT2D eigenvalue weighted by Gasteiger charge is 2.27. The Kier molecular flexibility index (Phi) is 7.24. The summed E-state index contributed by atoms with van der Waals surface area (Å²) in [6.45, 7) is 1.08. The fourth-order valence-corrected chi connectivity index (χ4v) is 6.37. The molecule has 0 aliphatic carbocycles. The van der Waals surface area contributed by atoms with Crippen LogP contribution in [0, 0.1) is 5.82 Å². The average molecular weight is 492 g/mol. The van der Waals surface area contributed by atoms with Gasteiger partial charge in [0, 0.05) is 24.2 Å². The number of rotatable bonds is 8. The summed E-state index contributed by atoms with van der Waals surface area (Å²) in [4.78, 5) is 18.0. The zero-order valence-corrected chi connectivity index (χ0v) is 19.6. The quantitative estimate of drug-likeness (QED) is 0.481. The fourth-order valence-electron chi connectivity index (χ4n) is 3.45. The summed E-state index contributed by atoms with van der Waals surface area (Å²) < 4.78 is 40.0. The number of sulfonamides is 1. The van der Waals surface area contributed by atoms with Gasteiger partial charge in [0.2, 0.25) is 15.9 Å². The van der Waals surface area contributed by atoms with Gasteiger partial charge in [0.25, 0.3) is 0 Å². The molecule has 0 spiro atoms. The maximum Gasteiger partial charge on any atom is 0.244 e. The summed E-state index contributed by atoms with van der Waals surface area (Å²) in [5.74, 6) is -0.413. The molecule has 1 fully saturated rings. The molecule has 1 atom stereocenters. The van der Waals surface area contributed by atoms with Gasteiger partial charge in [-0.1, -0.05) is 30.0 Å². The van der Waals surface area contributed by atoms with Gasteiger partial charge in [-0.05, 0) is 54.1 Å². The highest BCUT2D eigenvalue weighted by atomic mass is 32.2. The lowest BCUT2D eigenvalue weighted by molar-refractivity contribution is -0.119. The first-order valence-electron chi connectivity index (χ1n) is 10.1. The maximum atomic E-state index is 13.3. The molecule has 168 valence electrons. The zero-order valence-electron chi connectivity index (χ0n) is 17.1. The number of thioether (sulfide) groups is 1. The van der Waals surface area contributed by atoms with Gasteiger partial charge in [-0.3, -0.25) is 4.79 Å². The molecule has 2 aromatic heterocycles. The van der Waals surface area contributed by atoms with Crippen LogP contribution in [0.25, 0.3) is 0 Å². The van der Waals surface area contributed by atoms with E-state index in [1.165, 1.54) is 51.8 Å². The number of carbonyl (C=O) groups is 1. The van der Waals surface area contributed by atoms with E-state index >= 15 is 0 Å². The summed E-state index contributed by atoms with van der Waals surface area (Å²) in [5, 5.41) is 5.49. The van der Waals surface area contributed by atoms with Crippen LogP contribution in [0.4, 0.5) is 4.39 Å². The van der Waals surface area contributed by atoms with Crippen molar-refractivity contribution in [2.45, 2.75) is 28.8 Å². The molecule has 0 unspecified atom stereocenters. The lowest BCUT2D eigenvalue weighted by Crippen LogP contribution is -2.30. The normalized spacial score (nSPS) is 15.5. The second-order valence-corrected chi connectivity index (χ2v) is 11.2. The van der Waals surface area contributed by atoms with Crippen LogP contribution >= 0.6 is 23.1 Å². The first-order chi connectivity index (χ1) is 15.4. The summed E-state index contributed by atoms with van der Waals surface area (Å²) >= 11 is 2.74. The predicted molar refractivity (Wildman–Crippen MR) is 124 cm³/mol. The molecule has 1 N–H and O–H groups in total. The molecule has 0 bridgehead atoms. The molecular weight excluding hydrogens is 469 g/mol. The molecular formula is C22H22FN3O3S3. The number of thiophene rings is 1. The molecule has 0 radical (unpaired) electrons. The Balaban J connectivity index is 1.39. The number of nitrogens with zero attached hydrogens (tertiary/aromatic N) is 2. The number of hydrogen-bond donors (Lipinski definition) is 1. The van der Waals surface area contributed by atoms with E-state index in [2.05, 4.69) is 10.3 Å². The van der Waals surface area contributed by atoms with Crippen LogP contribution in [0.5, 0.6) is 0 Å². The summed E-state index contributed by atoms with van der Waals surface area (Å²) in [6.07, 6.45) is 3.10. The fraction of sp³-hybridized carbons (Fsp3) is 0.273. The van der Waals surface area contributed by atoms with Crippen molar-refractivity contribution in [2.24, 2.45) is 0 Å². The van der Waals surface area contributed by atoms with Crippen molar-refractivity contribution in [2.75, 3.05) is 18.8 Å². The van der Waals surface area contributed by atoms with E-state index in [9.17, 15) is 17.6 Å². The number of benzene rings is 1. The van der Waals surface area contributed by atoms with E-state index in [1.807, 2.05) is 17.5 Å². The number of pyridine rings is 1. The van der Waals surface area contributed by atoms with E-state index in [0.29, 0.717) is 18.1 Å². The summed E-state index contributed by atoms with van der Waals surface area (Å²) in [7, 11) is -3.50. The Labute approximate surface area is 194 Å². The second-order valence-electron chi connectivity index (χ2n) is 7.30. The average Bonchev–Trinajstić information content (AvgIpc) is 3.52. The standard InChI is InChI=1S/C22H22FN3O3S3/c23-17-7-5-16(6-8-17)22(19-4-3-13-30-19)25-20(27)15-31-21-10-9-18(14-24-21)32(28,29)26-11-1-2-12-26/h3-10,13-14,22H,1-2,11-12,15H2,(H,25,27)/t22-/m1/s1. The maximum absolute atomic E-state index is 13.3. The van der Waals surface area contributed by atoms with E-state index in [0.717, 1.165) is 23.3 Å². The summed E-state index contributed by atoms with van der Waals surface area (Å²) in [6, 6.07) is 12.7. The van der Waals surface area contributed by atoms with Gasteiger partial charge in [-0.2, -0.15) is 4.31 Å². The van der Waals surface area contributed by atoms with Crippen molar-refractivity contribution in [3.8, 4) is 0 Å². The first-order valence-corrected chi connectivity index (χ1v) is 13.4. The number of carbonyl (C=O) groups excluding carboxylic acids is 1. The largest absolute Gasteiger partial charge is 0.344 e. The van der Waals surface area contributed by atoms with Crippen molar-refractivity contribution in [1.29, 1.82) is 0 Å². The summed E-state index contributed by atoms with van der Waals surface area (Å²) in [5.41, 5.74) is 0.793. The predicted octanol–water partition coefficient (Wildman–Crippen LogP) is 4.06. The topological polar surface area (TPSA) is 79.4 Å². The van der Waals surface area contributed by atoms with Gasteiger partial charge in [0.1, 0.15) is 10.7 Å². The molecule has 10 heteroatoms. The van der Waals surface area contributed by atoms with Gasteiger partial charge in [-0.15, -0.1) is 11.3 Å². The zero-order chi connectivity index (χ0) is 22.6. The van der Waals surface area contributed by atoms with Crippen molar-refractivity contribution in [3.05, 3.63) is 76.4 Å². The molecule has 6 nitrogen and oxygen atoms in total. The minimum atomic E-state index is -3.50. The molecule has 1 amide bonds. The van der Waals surface area contributed by atoms with E-state index in [-0.39, 0.29) is 28.4 Å². The lowest BCUT2D eigenvalue weighted by atomic mass is 10.1. The van der Waals surface area contributed by atoms with E-state index in [4.69, 9.17) is 0 Å². The van der Waals surface area contributed by atoms with Crippen LogP contribution in [-0.4, -0.2) is 42.5 Å². The van der Waals surface area contributed by atoms with Gasteiger partial charge in [0.05, 0.1) is 16.8 Å². The van der Waals surface area contributed by atoms with Crippen molar-refractivity contribution < 1.29 is 17.6 Å². The molecule has 32 heavy (non-hydrogen) atoms. The molecule has 4 rings (SSSR count). The van der Waals surface area contributed by atoms with Gasteiger partial charge in [-0.25, -0.2) is 17.8 Å². The molecule has 0 saturated carbocycles. The smallest absolute Gasteiger partial charge is 0.244 e. The number of amides is 1. The SMILES string of the molecule is O=C(CSc1ccc(S(=O)(=O)N2CCCC2)cn1)N[C@H](c1ccc(F)cc1)c1cccs1. The molecule has 3 aromatic rings. The Morgan fingerprint density at radius 2 is 1.91 bits per heavy atom. The Bertz CT molecular complexity index is 1150. The highest BCUT2D eigenvalue weighted by molar-refractivity contribution is 7.99. The van der Waals surface area contributed by atoms with Crippen molar-refractivity contribution >= 4 is 39.0 Å². The van der Waals surface area contributed by atoms with Crippen molar-refractivity contribution in [3.63, 3.8) is 0 Å².